The molecular formula is C19H29N3O2. The summed E-state index contributed by atoms with van der Waals surface area (Å²) in [7, 11) is 0. The van der Waals surface area contributed by atoms with Gasteiger partial charge in [-0.25, -0.2) is 0 Å². The zero-order chi connectivity index (χ0) is 17.1. The lowest BCUT2D eigenvalue weighted by molar-refractivity contribution is -0.0715. The van der Waals surface area contributed by atoms with Crippen LogP contribution in [0.5, 0.6) is 0 Å². The van der Waals surface area contributed by atoms with Crippen molar-refractivity contribution in [3.8, 4) is 0 Å². The molecule has 2 aliphatic heterocycles. The van der Waals surface area contributed by atoms with Crippen LogP contribution in [0.25, 0.3) is 0 Å². The van der Waals surface area contributed by atoms with Crippen molar-refractivity contribution in [2.24, 2.45) is 5.73 Å². The van der Waals surface area contributed by atoms with Crippen LogP contribution in [0.15, 0.2) is 24.3 Å². The number of hydrogen-bond acceptors (Lipinski definition) is 4. The Balaban J connectivity index is 1.64. The van der Waals surface area contributed by atoms with Gasteiger partial charge in [0.05, 0.1) is 12.2 Å². The molecule has 2 fully saturated rings. The van der Waals surface area contributed by atoms with Crippen molar-refractivity contribution in [3.63, 3.8) is 0 Å². The minimum absolute atomic E-state index is 0.149. The Morgan fingerprint density at radius 1 is 1.21 bits per heavy atom. The maximum atomic E-state index is 12.9. The zero-order valence-corrected chi connectivity index (χ0v) is 14.8. The Labute approximate surface area is 144 Å². The van der Waals surface area contributed by atoms with E-state index < -0.39 is 0 Å². The predicted octanol–water partition coefficient (Wildman–Crippen LogP) is 1.86. The third-order valence-corrected chi connectivity index (χ3v) is 5.04. The molecule has 1 aromatic carbocycles. The van der Waals surface area contributed by atoms with Crippen LogP contribution in [0.4, 0.5) is 0 Å². The quantitative estimate of drug-likeness (QED) is 0.915. The number of benzene rings is 1. The van der Waals surface area contributed by atoms with E-state index in [0.717, 1.165) is 50.1 Å². The summed E-state index contributed by atoms with van der Waals surface area (Å²) < 4.78 is 5.81. The molecule has 0 spiro atoms. The maximum Gasteiger partial charge on any atom is 0.254 e. The number of carbonyl (C=O) groups excluding carboxylic acids is 1. The fourth-order valence-corrected chi connectivity index (χ4v) is 3.97. The van der Waals surface area contributed by atoms with Gasteiger partial charge in [0.1, 0.15) is 0 Å². The first-order valence-corrected chi connectivity index (χ1v) is 9.04. The summed E-state index contributed by atoms with van der Waals surface area (Å²) >= 11 is 0. The van der Waals surface area contributed by atoms with E-state index in [2.05, 4.69) is 23.6 Å². The van der Waals surface area contributed by atoms with E-state index in [0.29, 0.717) is 12.6 Å². The topological polar surface area (TPSA) is 58.8 Å². The number of hydrogen-bond donors (Lipinski definition) is 1. The van der Waals surface area contributed by atoms with Crippen LogP contribution in [0, 0.1) is 0 Å². The van der Waals surface area contributed by atoms with Gasteiger partial charge in [-0.15, -0.1) is 0 Å². The minimum atomic E-state index is 0.149. The first-order valence-electron chi connectivity index (χ1n) is 9.04. The normalized spacial score (nSPS) is 28.3. The first kappa shape index (κ1) is 17.4. The highest BCUT2D eigenvalue weighted by Gasteiger charge is 2.32. The van der Waals surface area contributed by atoms with Gasteiger partial charge in [-0.05, 0) is 44.4 Å². The lowest BCUT2D eigenvalue weighted by atomic mass is 10.1. The van der Waals surface area contributed by atoms with Gasteiger partial charge in [0, 0.05) is 44.3 Å². The highest BCUT2D eigenvalue weighted by Crippen LogP contribution is 2.23. The van der Waals surface area contributed by atoms with E-state index in [9.17, 15) is 4.79 Å². The third-order valence-electron chi connectivity index (χ3n) is 5.04. The summed E-state index contributed by atoms with van der Waals surface area (Å²) in [5, 5.41) is 0. The monoisotopic (exact) mass is 331 g/mol. The van der Waals surface area contributed by atoms with Crippen LogP contribution in [0.3, 0.4) is 0 Å². The predicted molar refractivity (Wildman–Crippen MR) is 94.8 cm³/mol. The molecule has 3 unspecified atom stereocenters. The van der Waals surface area contributed by atoms with E-state index in [1.54, 1.807) is 0 Å². The highest BCUT2D eigenvalue weighted by atomic mass is 16.5. The number of amides is 1. The van der Waals surface area contributed by atoms with Crippen LogP contribution in [0.1, 0.15) is 42.6 Å². The standard InChI is InChI=1S/C19H29N3O2/c1-14-11-21(12-15(2)24-14)13-18-4-3-9-22(18)19(23)17-7-5-16(10-20)6-8-17/h5-8,14-15,18H,3-4,9-13,20H2,1-2H3. The van der Waals surface area contributed by atoms with Gasteiger partial charge in [-0.3, -0.25) is 9.69 Å². The minimum Gasteiger partial charge on any atom is -0.373 e. The van der Waals surface area contributed by atoms with E-state index in [1.807, 2.05) is 24.3 Å². The number of rotatable bonds is 4. The lowest BCUT2D eigenvalue weighted by Crippen LogP contribution is -2.50. The Morgan fingerprint density at radius 2 is 1.88 bits per heavy atom. The van der Waals surface area contributed by atoms with Gasteiger partial charge in [0.25, 0.3) is 5.91 Å². The van der Waals surface area contributed by atoms with Crippen LogP contribution in [-0.4, -0.2) is 60.1 Å². The fourth-order valence-electron chi connectivity index (χ4n) is 3.97. The van der Waals surface area contributed by atoms with Crippen molar-refractivity contribution in [3.05, 3.63) is 35.4 Å². The number of nitrogens with zero attached hydrogens (tertiary/aromatic N) is 2. The average molecular weight is 331 g/mol. The molecule has 5 heteroatoms. The summed E-state index contributed by atoms with van der Waals surface area (Å²) in [6.45, 7) is 8.47. The molecule has 0 bridgehead atoms. The Bertz CT molecular complexity index is 550. The van der Waals surface area contributed by atoms with Crippen molar-refractivity contribution in [2.45, 2.75) is 51.5 Å². The highest BCUT2D eigenvalue weighted by molar-refractivity contribution is 5.94. The van der Waals surface area contributed by atoms with Crippen molar-refractivity contribution in [1.82, 2.24) is 9.80 Å². The second-order valence-electron chi connectivity index (χ2n) is 7.17. The van der Waals surface area contributed by atoms with E-state index in [4.69, 9.17) is 10.5 Å². The zero-order valence-electron chi connectivity index (χ0n) is 14.8. The lowest BCUT2D eigenvalue weighted by Gasteiger charge is -2.38. The number of carbonyl (C=O) groups is 1. The number of nitrogens with two attached hydrogens (primary N) is 1. The van der Waals surface area contributed by atoms with Crippen LogP contribution in [-0.2, 0) is 11.3 Å². The Hall–Kier alpha value is -1.43. The van der Waals surface area contributed by atoms with Crippen molar-refractivity contribution >= 4 is 5.91 Å². The molecule has 0 aromatic heterocycles. The van der Waals surface area contributed by atoms with Crippen LogP contribution in [0.2, 0.25) is 0 Å². The largest absolute Gasteiger partial charge is 0.373 e. The van der Waals surface area contributed by atoms with Gasteiger partial charge in [-0.1, -0.05) is 12.1 Å². The maximum absolute atomic E-state index is 12.9. The van der Waals surface area contributed by atoms with Gasteiger partial charge in [-0.2, -0.15) is 0 Å². The molecule has 2 N–H and O–H groups in total. The van der Waals surface area contributed by atoms with Crippen LogP contribution >= 0.6 is 0 Å². The number of morpholine rings is 1. The van der Waals surface area contributed by atoms with E-state index in [1.165, 1.54) is 0 Å². The molecule has 5 nitrogen and oxygen atoms in total. The SMILES string of the molecule is CC1CN(CC2CCCN2C(=O)c2ccc(CN)cc2)CC(C)O1. The summed E-state index contributed by atoms with van der Waals surface area (Å²) in [4.78, 5) is 17.4. The van der Waals surface area contributed by atoms with Gasteiger partial charge in [0.2, 0.25) is 0 Å². The van der Waals surface area contributed by atoms with E-state index in [-0.39, 0.29) is 18.1 Å². The van der Waals surface area contributed by atoms with Crippen molar-refractivity contribution in [1.29, 1.82) is 0 Å². The third kappa shape index (κ3) is 3.97. The van der Waals surface area contributed by atoms with Crippen LogP contribution < -0.4 is 5.73 Å². The fraction of sp³-hybridized carbons (Fsp3) is 0.632. The van der Waals surface area contributed by atoms with Gasteiger partial charge in [0.15, 0.2) is 0 Å². The van der Waals surface area contributed by atoms with Gasteiger partial charge < -0.3 is 15.4 Å². The second-order valence-corrected chi connectivity index (χ2v) is 7.17. The Morgan fingerprint density at radius 3 is 2.50 bits per heavy atom. The molecule has 1 amide bonds. The Kier molecular flexibility index (Phi) is 5.54. The molecule has 0 radical (unpaired) electrons. The molecule has 0 aliphatic carbocycles. The molecule has 0 saturated carbocycles. The van der Waals surface area contributed by atoms with E-state index >= 15 is 0 Å². The second kappa shape index (κ2) is 7.64. The first-order chi connectivity index (χ1) is 11.6. The molecule has 3 rings (SSSR count). The summed E-state index contributed by atoms with van der Waals surface area (Å²) in [5.41, 5.74) is 7.46. The van der Waals surface area contributed by atoms with Crippen molar-refractivity contribution < 1.29 is 9.53 Å². The molecule has 2 saturated heterocycles. The molecule has 132 valence electrons. The molecule has 3 atom stereocenters. The smallest absolute Gasteiger partial charge is 0.254 e. The number of likely N-dealkylation sites (tertiary alicyclic amines) is 1. The summed E-state index contributed by atoms with van der Waals surface area (Å²) in [6, 6.07) is 8.01. The molecular weight excluding hydrogens is 302 g/mol. The van der Waals surface area contributed by atoms with Crippen molar-refractivity contribution in [2.75, 3.05) is 26.2 Å². The average Bonchev–Trinajstić information content (AvgIpc) is 3.01. The summed E-state index contributed by atoms with van der Waals surface area (Å²) in [6.07, 6.45) is 2.71. The molecule has 2 heterocycles. The summed E-state index contributed by atoms with van der Waals surface area (Å²) in [5.74, 6) is 0.149. The number of ether oxygens (including phenoxy) is 1. The van der Waals surface area contributed by atoms with Gasteiger partial charge >= 0.3 is 0 Å². The molecule has 24 heavy (non-hydrogen) atoms. The molecule has 2 aliphatic rings. The molecule has 1 aromatic rings.